The van der Waals surface area contributed by atoms with Crippen molar-refractivity contribution in [1.82, 2.24) is 10.2 Å². The molecule has 2 aliphatic heterocycles. The average molecular weight is 258 g/mol. The Labute approximate surface area is 105 Å². The summed E-state index contributed by atoms with van der Waals surface area (Å²) in [5.41, 5.74) is 0. The molecular weight excluding hydrogens is 240 g/mol. The largest absolute Gasteiger partial charge is 0.481 e. The summed E-state index contributed by atoms with van der Waals surface area (Å²) in [6.07, 6.45) is 4.39. The molecule has 96 valence electrons. The van der Waals surface area contributed by atoms with E-state index in [1.54, 1.807) is 16.7 Å². The minimum Gasteiger partial charge on any atom is -0.481 e. The van der Waals surface area contributed by atoms with Gasteiger partial charge in [-0.1, -0.05) is 0 Å². The number of carbonyl (C=O) groups excluding carboxylic acids is 1. The number of carboxylic acids is 1. The highest BCUT2D eigenvalue weighted by atomic mass is 32.2. The Kier molecular flexibility index (Phi) is 3.81. The van der Waals surface area contributed by atoms with Crippen LogP contribution in [0.15, 0.2) is 0 Å². The van der Waals surface area contributed by atoms with Crippen molar-refractivity contribution in [3.8, 4) is 0 Å². The number of urea groups is 1. The van der Waals surface area contributed by atoms with Gasteiger partial charge < -0.3 is 15.3 Å². The number of amides is 2. The molecule has 0 spiro atoms. The van der Waals surface area contributed by atoms with E-state index in [0.29, 0.717) is 13.0 Å². The smallest absolute Gasteiger partial charge is 0.317 e. The molecule has 0 saturated carbocycles. The first-order chi connectivity index (χ1) is 8.15. The molecule has 0 aromatic heterocycles. The van der Waals surface area contributed by atoms with E-state index in [2.05, 4.69) is 5.32 Å². The molecule has 0 aromatic rings. The quantitative estimate of drug-likeness (QED) is 0.738. The minimum absolute atomic E-state index is 0.0877. The molecule has 2 rings (SSSR count). The first kappa shape index (κ1) is 12.5. The van der Waals surface area contributed by atoms with Gasteiger partial charge in [-0.25, -0.2) is 4.79 Å². The van der Waals surface area contributed by atoms with E-state index < -0.39 is 5.97 Å². The number of hydrogen-bond acceptors (Lipinski definition) is 3. The minimum atomic E-state index is -0.765. The summed E-state index contributed by atoms with van der Waals surface area (Å²) in [4.78, 5) is 24.8. The number of aliphatic carboxylic acids is 1. The maximum absolute atomic E-state index is 12.0. The van der Waals surface area contributed by atoms with Crippen molar-refractivity contribution in [1.29, 1.82) is 0 Å². The lowest BCUT2D eigenvalue weighted by Gasteiger charge is -2.23. The zero-order chi connectivity index (χ0) is 12.4. The van der Waals surface area contributed by atoms with E-state index in [-0.39, 0.29) is 24.0 Å². The van der Waals surface area contributed by atoms with Crippen molar-refractivity contribution in [2.75, 3.05) is 18.6 Å². The molecule has 2 N–H and O–H groups in total. The van der Waals surface area contributed by atoms with Crippen LogP contribution in [-0.2, 0) is 4.79 Å². The van der Waals surface area contributed by atoms with E-state index in [1.165, 1.54) is 0 Å². The molecule has 0 aliphatic carbocycles. The summed E-state index contributed by atoms with van der Waals surface area (Å²) in [7, 11) is 0. The monoisotopic (exact) mass is 258 g/mol. The first-order valence-corrected chi connectivity index (χ1v) is 7.32. The van der Waals surface area contributed by atoms with Crippen LogP contribution in [0.25, 0.3) is 0 Å². The fourth-order valence-corrected chi connectivity index (χ4v) is 3.23. The fraction of sp³-hybridized carbons (Fsp3) is 0.818. The van der Waals surface area contributed by atoms with Crippen LogP contribution < -0.4 is 5.32 Å². The van der Waals surface area contributed by atoms with E-state index >= 15 is 0 Å². The number of carbonyl (C=O) groups is 2. The van der Waals surface area contributed by atoms with Gasteiger partial charge in [0.25, 0.3) is 0 Å². The van der Waals surface area contributed by atoms with E-state index in [4.69, 9.17) is 5.11 Å². The first-order valence-electron chi connectivity index (χ1n) is 5.93. The highest BCUT2D eigenvalue weighted by Crippen LogP contribution is 2.41. The molecule has 2 aliphatic rings. The molecule has 3 unspecified atom stereocenters. The molecule has 2 bridgehead atoms. The number of nitrogens with one attached hydrogen (secondary N) is 1. The third-order valence-electron chi connectivity index (χ3n) is 3.67. The van der Waals surface area contributed by atoms with Crippen molar-refractivity contribution in [3.63, 3.8) is 0 Å². The molecule has 2 fully saturated rings. The predicted octanol–water partition coefficient (Wildman–Crippen LogP) is 0.996. The van der Waals surface area contributed by atoms with Crippen LogP contribution in [0.1, 0.15) is 19.3 Å². The molecule has 17 heavy (non-hydrogen) atoms. The third kappa shape index (κ3) is 2.36. The SMILES string of the molecule is CSCCNC(=O)N1C2CCC1C(C(=O)O)C2. The topological polar surface area (TPSA) is 69.6 Å². The van der Waals surface area contributed by atoms with Gasteiger partial charge in [0, 0.05) is 24.4 Å². The number of nitrogens with zero attached hydrogens (tertiary/aromatic N) is 1. The lowest BCUT2D eigenvalue weighted by atomic mass is 9.89. The molecule has 6 heteroatoms. The Balaban J connectivity index is 1.93. The molecule has 0 aromatic carbocycles. The van der Waals surface area contributed by atoms with Crippen molar-refractivity contribution in [2.45, 2.75) is 31.3 Å². The molecule has 5 nitrogen and oxygen atoms in total. The Hall–Kier alpha value is -0.910. The van der Waals surface area contributed by atoms with Gasteiger partial charge in [-0.15, -0.1) is 0 Å². The maximum Gasteiger partial charge on any atom is 0.317 e. The van der Waals surface area contributed by atoms with Crippen molar-refractivity contribution in [3.05, 3.63) is 0 Å². The van der Waals surface area contributed by atoms with Crippen LogP contribution in [0, 0.1) is 5.92 Å². The number of carboxylic acid groups (broad SMARTS) is 1. The second-order valence-electron chi connectivity index (χ2n) is 4.61. The van der Waals surface area contributed by atoms with Gasteiger partial charge in [-0.05, 0) is 25.5 Å². The van der Waals surface area contributed by atoms with Crippen molar-refractivity contribution >= 4 is 23.8 Å². The fourth-order valence-electron chi connectivity index (χ4n) is 2.92. The molecule has 2 amide bonds. The van der Waals surface area contributed by atoms with Crippen LogP contribution in [0.5, 0.6) is 0 Å². The Morgan fingerprint density at radius 1 is 1.47 bits per heavy atom. The highest BCUT2D eigenvalue weighted by Gasteiger charge is 2.51. The van der Waals surface area contributed by atoms with Crippen molar-refractivity contribution < 1.29 is 14.7 Å². The highest BCUT2D eigenvalue weighted by molar-refractivity contribution is 7.98. The number of hydrogen-bond donors (Lipinski definition) is 2. The predicted molar refractivity (Wildman–Crippen MR) is 66.2 cm³/mol. The number of thioether (sulfide) groups is 1. The van der Waals surface area contributed by atoms with Gasteiger partial charge in [-0.3, -0.25) is 4.79 Å². The standard InChI is InChI=1S/C11H18N2O3S/c1-17-5-4-12-11(16)13-7-2-3-9(13)8(6-7)10(14)15/h7-9H,2-6H2,1H3,(H,12,16)(H,14,15). The molecular formula is C11H18N2O3S. The second-order valence-corrected chi connectivity index (χ2v) is 5.60. The summed E-state index contributed by atoms with van der Waals surface area (Å²) >= 11 is 1.68. The summed E-state index contributed by atoms with van der Waals surface area (Å²) in [5, 5.41) is 11.9. The van der Waals surface area contributed by atoms with Crippen LogP contribution in [-0.4, -0.2) is 52.6 Å². The van der Waals surface area contributed by atoms with Gasteiger partial charge in [0.2, 0.25) is 0 Å². The van der Waals surface area contributed by atoms with Gasteiger partial charge in [0.1, 0.15) is 0 Å². The third-order valence-corrected chi connectivity index (χ3v) is 4.28. The molecule has 2 heterocycles. The normalized spacial score (nSPS) is 30.6. The van der Waals surface area contributed by atoms with E-state index in [0.717, 1.165) is 18.6 Å². The zero-order valence-electron chi connectivity index (χ0n) is 9.89. The van der Waals surface area contributed by atoms with Crippen LogP contribution in [0.3, 0.4) is 0 Å². The van der Waals surface area contributed by atoms with Crippen molar-refractivity contribution in [2.24, 2.45) is 5.92 Å². The second kappa shape index (κ2) is 5.16. The summed E-state index contributed by atoms with van der Waals surface area (Å²) in [6, 6.07) is -0.0440. The molecule has 0 radical (unpaired) electrons. The Morgan fingerprint density at radius 3 is 2.82 bits per heavy atom. The summed E-state index contributed by atoms with van der Waals surface area (Å²) < 4.78 is 0. The van der Waals surface area contributed by atoms with Gasteiger partial charge >= 0.3 is 12.0 Å². The van der Waals surface area contributed by atoms with E-state index in [9.17, 15) is 9.59 Å². The van der Waals surface area contributed by atoms with Crippen LogP contribution in [0.2, 0.25) is 0 Å². The Bertz CT molecular complexity index is 324. The zero-order valence-corrected chi connectivity index (χ0v) is 10.7. The van der Waals surface area contributed by atoms with Gasteiger partial charge in [0.05, 0.1) is 5.92 Å². The maximum atomic E-state index is 12.0. The number of rotatable bonds is 4. The van der Waals surface area contributed by atoms with Crippen LogP contribution in [0.4, 0.5) is 4.79 Å². The lowest BCUT2D eigenvalue weighted by Crippen LogP contribution is -2.44. The summed E-state index contributed by atoms with van der Waals surface area (Å²) in [5.74, 6) is -0.240. The Morgan fingerprint density at radius 2 is 2.24 bits per heavy atom. The summed E-state index contributed by atoms with van der Waals surface area (Å²) in [6.45, 7) is 0.647. The van der Waals surface area contributed by atoms with Gasteiger partial charge in [-0.2, -0.15) is 11.8 Å². The molecule has 3 atom stereocenters. The average Bonchev–Trinajstić information content (AvgIpc) is 2.86. The van der Waals surface area contributed by atoms with E-state index in [1.807, 2.05) is 6.26 Å². The lowest BCUT2D eigenvalue weighted by molar-refractivity contribution is -0.142. The van der Waals surface area contributed by atoms with Gasteiger partial charge in [0.15, 0.2) is 0 Å². The van der Waals surface area contributed by atoms with Crippen LogP contribution >= 0.6 is 11.8 Å². The number of fused-ring (bicyclic) bond motifs is 2. The molecule has 2 saturated heterocycles.